The van der Waals surface area contributed by atoms with E-state index < -0.39 is 0 Å². The van der Waals surface area contributed by atoms with Gasteiger partial charge in [0, 0.05) is 0 Å². The summed E-state index contributed by atoms with van der Waals surface area (Å²) in [5.41, 5.74) is 5.93. The molecule has 1 aromatic rings. The summed E-state index contributed by atoms with van der Waals surface area (Å²) in [6.07, 6.45) is 7.26. The third-order valence-electron chi connectivity index (χ3n) is 3.35. The van der Waals surface area contributed by atoms with Crippen LogP contribution in [0, 0.1) is 28.6 Å². The van der Waals surface area contributed by atoms with Gasteiger partial charge in [0.2, 0.25) is 0 Å². The van der Waals surface area contributed by atoms with Crippen molar-refractivity contribution in [3.8, 4) is 12.1 Å². The Kier molecular flexibility index (Phi) is 4.59. The van der Waals surface area contributed by atoms with E-state index in [1.807, 2.05) is 6.07 Å². The second-order valence-corrected chi connectivity index (χ2v) is 5.74. The van der Waals surface area contributed by atoms with Crippen LogP contribution in [0.15, 0.2) is 11.4 Å². The Morgan fingerprint density at radius 2 is 2.05 bits per heavy atom. The molecular weight excluding hydrogens is 258 g/mol. The van der Waals surface area contributed by atoms with E-state index >= 15 is 0 Å². The summed E-state index contributed by atoms with van der Waals surface area (Å²) in [6, 6.07) is 4.27. The largest absolute Gasteiger partial charge is 0.382 e. The minimum atomic E-state index is -0.132. The first-order valence-electron chi connectivity index (χ1n) is 6.33. The average Bonchev–Trinajstić information content (AvgIpc) is 2.46. The maximum absolute atomic E-state index is 9.30. The highest BCUT2D eigenvalue weighted by molar-refractivity contribution is 8.00. The predicted octanol–water partition coefficient (Wildman–Crippen LogP) is 2.50. The van der Waals surface area contributed by atoms with Crippen molar-refractivity contribution in [1.29, 1.82) is 10.5 Å². The smallest absolute Gasteiger partial charge is 0.190 e. The molecule has 0 unspecified atom stereocenters. The molecule has 1 fully saturated rings. The SMILES string of the molecule is N#Cc1cnc(S[C@@H](C#N)C2CCCCC2)nc1N. The Hall–Kier alpha value is -1.79. The molecule has 0 saturated heterocycles. The molecular formula is C13H15N5S. The van der Waals surface area contributed by atoms with E-state index in [-0.39, 0.29) is 16.6 Å². The number of aromatic nitrogens is 2. The summed E-state index contributed by atoms with van der Waals surface area (Å²) in [4.78, 5) is 8.17. The molecule has 1 aliphatic rings. The summed E-state index contributed by atoms with van der Waals surface area (Å²) in [7, 11) is 0. The Labute approximate surface area is 116 Å². The highest BCUT2D eigenvalue weighted by Gasteiger charge is 2.25. The zero-order valence-corrected chi connectivity index (χ0v) is 11.4. The number of hydrogen-bond donors (Lipinski definition) is 1. The van der Waals surface area contributed by atoms with Gasteiger partial charge in [-0.15, -0.1) is 0 Å². The lowest BCUT2D eigenvalue weighted by molar-refractivity contribution is 0.370. The molecule has 1 heterocycles. The molecule has 98 valence electrons. The fraction of sp³-hybridized carbons (Fsp3) is 0.538. The van der Waals surface area contributed by atoms with Crippen molar-refractivity contribution in [1.82, 2.24) is 9.97 Å². The van der Waals surface area contributed by atoms with Crippen LogP contribution < -0.4 is 5.73 Å². The Balaban J connectivity index is 2.08. The molecule has 1 aliphatic carbocycles. The number of anilines is 1. The van der Waals surface area contributed by atoms with E-state index in [9.17, 15) is 5.26 Å². The molecule has 19 heavy (non-hydrogen) atoms. The molecule has 0 aromatic carbocycles. The van der Waals surface area contributed by atoms with Gasteiger partial charge in [0.15, 0.2) is 5.16 Å². The maximum atomic E-state index is 9.30. The molecule has 0 amide bonds. The molecule has 0 aliphatic heterocycles. The van der Waals surface area contributed by atoms with Gasteiger partial charge in [0.1, 0.15) is 22.7 Å². The zero-order valence-electron chi connectivity index (χ0n) is 10.5. The number of nitrogens with two attached hydrogens (primary N) is 1. The van der Waals surface area contributed by atoms with Crippen molar-refractivity contribution in [3.63, 3.8) is 0 Å². The summed E-state index contributed by atoms with van der Waals surface area (Å²) < 4.78 is 0. The quantitative estimate of drug-likeness (QED) is 0.671. The minimum Gasteiger partial charge on any atom is -0.382 e. The lowest BCUT2D eigenvalue weighted by Gasteiger charge is -2.24. The van der Waals surface area contributed by atoms with Gasteiger partial charge >= 0.3 is 0 Å². The van der Waals surface area contributed by atoms with Gasteiger partial charge in [-0.05, 0) is 18.8 Å². The summed E-state index contributed by atoms with van der Waals surface area (Å²) in [5.74, 6) is 0.588. The lowest BCUT2D eigenvalue weighted by atomic mass is 9.87. The number of nitriles is 2. The molecule has 2 rings (SSSR count). The van der Waals surface area contributed by atoms with E-state index in [4.69, 9.17) is 11.0 Å². The standard InChI is InChI=1S/C13H15N5S/c14-6-10-8-17-13(18-12(10)16)19-11(7-15)9-4-2-1-3-5-9/h8-9,11H,1-5H2,(H2,16,17,18)/t11-/m0/s1. The fourth-order valence-electron chi connectivity index (χ4n) is 2.30. The first kappa shape index (κ1) is 13.6. The molecule has 5 nitrogen and oxygen atoms in total. The number of hydrogen-bond acceptors (Lipinski definition) is 6. The Bertz CT molecular complexity index is 525. The molecule has 0 spiro atoms. The minimum absolute atomic E-state index is 0.132. The molecule has 1 aromatic heterocycles. The summed E-state index contributed by atoms with van der Waals surface area (Å²) in [5, 5.41) is 18.4. The monoisotopic (exact) mass is 273 g/mol. The van der Waals surface area contributed by atoms with E-state index in [1.54, 1.807) is 0 Å². The van der Waals surface area contributed by atoms with Crippen molar-refractivity contribution in [2.75, 3.05) is 5.73 Å². The van der Waals surface area contributed by atoms with E-state index in [1.165, 1.54) is 37.2 Å². The van der Waals surface area contributed by atoms with Crippen LogP contribution in [0.1, 0.15) is 37.7 Å². The number of thioether (sulfide) groups is 1. The number of nitrogens with zero attached hydrogens (tertiary/aromatic N) is 4. The van der Waals surface area contributed by atoms with E-state index in [0.717, 1.165) is 12.8 Å². The van der Waals surface area contributed by atoms with Crippen molar-refractivity contribution < 1.29 is 0 Å². The van der Waals surface area contributed by atoms with Gasteiger partial charge in [-0.2, -0.15) is 10.5 Å². The molecule has 1 atom stereocenters. The molecule has 0 bridgehead atoms. The summed E-state index contributed by atoms with van der Waals surface area (Å²) in [6.45, 7) is 0. The highest BCUT2D eigenvalue weighted by Crippen LogP contribution is 2.34. The van der Waals surface area contributed by atoms with Gasteiger partial charge in [0.25, 0.3) is 0 Å². The second kappa shape index (κ2) is 6.40. The van der Waals surface area contributed by atoms with Crippen molar-refractivity contribution in [2.45, 2.75) is 42.5 Å². The van der Waals surface area contributed by atoms with Crippen LogP contribution in [0.3, 0.4) is 0 Å². The second-order valence-electron chi connectivity index (χ2n) is 4.63. The van der Waals surface area contributed by atoms with Gasteiger partial charge in [-0.1, -0.05) is 31.0 Å². The van der Waals surface area contributed by atoms with Gasteiger partial charge in [-0.3, -0.25) is 0 Å². The highest BCUT2D eigenvalue weighted by atomic mass is 32.2. The first-order valence-corrected chi connectivity index (χ1v) is 7.21. The van der Waals surface area contributed by atoms with Gasteiger partial charge in [0.05, 0.1) is 12.3 Å². The third kappa shape index (κ3) is 3.36. The Morgan fingerprint density at radius 3 is 2.63 bits per heavy atom. The fourth-order valence-corrected chi connectivity index (χ4v) is 3.31. The molecule has 2 N–H and O–H groups in total. The van der Waals surface area contributed by atoms with Crippen LogP contribution >= 0.6 is 11.8 Å². The third-order valence-corrected chi connectivity index (χ3v) is 4.51. The lowest BCUT2D eigenvalue weighted by Crippen LogP contribution is -2.19. The van der Waals surface area contributed by atoms with E-state index in [0.29, 0.717) is 11.1 Å². The average molecular weight is 273 g/mol. The maximum Gasteiger partial charge on any atom is 0.190 e. The molecule has 6 heteroatoms. The van der Waals surface area contributed by atoms with Crippen molar-refractivity contribution >= 4 is 17.6 Å². The normalized spacial score (nSPS) is 17.4. The molecule has 1 saturated carbocycles. The van der Waals surface area contributed by atoms with Crippen LogP contribution in [0.25, 0.3) is 0 Å². The van der Waals surface area contributed by atoms with Crippen LogP contribution in [-0.4, -0.2) is 15.2 Å². The predicted molar refractivity (Wildman–Crippen MR) is 73.0 cm³/mol. The molecule has 0 radical (unpaired) electrons. The van der Waals surface area contributed by atoms with Crippen LogP contribution in [-0.2, 0) is 0 Å². The first-order chi connectivity index (χ1) is 9.24. The van der Waals surface area contributed by atoms with Gasteiger partial charge in [-0.25, -0.2) is 9.97 Å². The van der Waals surface area contributed by atoms with Crippen LogP contribution in [0.5, 0.6) is 0 Å². The zero-order chi connectivity index (χ0) is 13.7. The van der Waals surface area contributed by atoms with Gasteiger partial charge < -0.3 is 5.73 Å². The van der Waals surface area contributed by atoms with Crippen LogP contribution in [0.2, 0.25) is 0 Å². The van der Waals surface area contributed by atoms with Crippen LogP contribution in [0.4, 0.5) is 5.82 Å². The number of rotatable bonds is 3. The topological polar surface area (TPSA) is 99.4 Å². The number of nitrogen functional groups attached to an aromatic ring is 1. The van der Waals surface area contributed by atoms with Crippen molar-refractivity contribution in [2.24, 2.45) is 5.92 Å². The van der Waals surface area contributed by atoms with Crippen molar-refractivity contribution in [3.05, 3.63) is 11.8 Å². The van der Waals surface area contributed by atoms with E-state index in [2.05, 4.69) is 16.0 Å². The summed E-state index contributed by atoms with van der Waals surface area (Å²) >= 11 is 1.36. The Morgan fingerprint density at radius 1 is 1.32 bits per heavy atom.